The van der Waals surface area contributed by atoms with E-state index in [1.807, 2.05) is 0 Å². The van der Waals surface area contributed by atoms with E-state index in [0.717, 1.165) is 6.07 Å². The Morgan fingerprint density at radius 1 is 1.31 bits per heavy atom. The maximum Gasteiger partial charge on any atom is 0.417 e. The van der Waals surface area contributed by atoms with Crippen molar-refractivity contribution in [2.75, 3.05) is 5.33 Å². The van der Waals surface area contributed by atoms with Crippen LogP contribution in [-0.2, 0) is 6.18 Å². The van der Waals surface area contributed by atoms with E-state index < -0.39 is 22.4 Å². The second kappa shape index (κ2) is 5.31. The molecule has 1 nitrogen and oxygen atoms in total. The van der Waals surface area contributed by atoms with Crippen LogP contribution in [0.15, 0.2) is 24.3 Å². The molecule has 0 aliphatic rings. The lowest BCUT2D eigenvalue weighted by molar-refractivity contribution is -0.137. The number of ketones is 1. The maximum atomic E-state index is 12.6. The van der Waals surface area contributed by atoms with E-state index in [2.05, 4.69) is 31.9 Å². The lowest BCUT2D eigenvalue weighted by atomic mass is 10.0. The number of halogens is 5. The molecule has 16 heavy (non-hydrogen) atoms. The second-order valence-corrected chi connectivity index (χ2v) is 4.78. The van der Waals surface area contributed by atoms with E-state index in [1.54, 1.807) is 0 Å². The summed E-state index contributed by atoms with van der Waals surface area (Å²) in [4.78, 5) is 11.0. The van der Waals surface area contributed by atoms with E-state index in [4.69, 9.17) is 0 Å². The first-order valence-electron chi connectivity index (χ1n) is 4.28. The van der Waals surface area contributed by atoms with Crippen molar-refractivity contribution in [2.24, 2.45) is 0 Å². The summed E-state index contributed by atoms with van der Waals surface area (Å²) in [6.45, 7) is 0. The summed E-state index contributed by atoms with van der Waals surface area (Å²) in [6.07, 6.45) is -4.51. The van der Waals surface area contributed by atoms with Crippen molar-refractivity contribution in [1.82, 2.24) is 0 Å². The van der Waals surface area contributed by atoms with Gasteiger partial charge in [0.2, 0.25) is 0 Å². The molecule has 1 aromatic rings. The number of rotatable bonds is 3. The number of Topliss-reactive ketones (excluding diaryl/α,β-unsaturated/α-hetero) is 1. The molecule has 0 saturated heterocycles. The lowest BCUT2D eigenvalue weighted by Crippen LogP contribution is -2.20. The van der Waals surface area contributed by atoms with Crippen LogP contribution < -0.4 is 0 Å². The van der Waals surface area contributed by atoms with Crippen LogP contribution >= 0.6 is 31.9 Å². The van der Waals surface area contributed by atoms with Gasteiger partial charge in [-0.2, -0.15) is 13.2 Å². The van der Waals surface area contributed by atoms with Gasteiger partial charge in [-0.15, -0.1) is 0 Å². The molecule has 0 aromatic heterocycles. The molecule has 6 heteroatoms. The van der Waals surface area contributed by atoms with Gasteiger partial charge in [0.15, 0.2) is 5.78 Å². The second-order valence-electron chi connectivity index (χ2n) is 3.03. The molecule has 0 fully saturated rings. The highest BCUT2D eigenvalue weighted by molar-refractivity contribution is 9.12. The third-order valence-electron chi connectivity index (χ3n) is 1.92. The Bertz CT molecular complexity index is 390. The number of hydrogen-bond acceptors (Lipinski definition) is 1. The van der Waals surface area contributed by atoms with Crippen molar-refractivity contribution in [3.05, 3.63) is 35.4 Å². The van der Waals surface area contributed by atoms with Gasteiger partial charge in [-0.05, 0) is 6.07 Å². The largest absolute Gasteiger partial charge is 0.417 e. The lowest BCUT2D eigenvalue weighted by Gasteiger charge is -2.13. The molecule has 0 aliphatic heterocycles. The predicted octanol–water partition coefficient (Wildman–Crippen LogP) is 4.05. The predicted molar refractivity (Wildman–Crippen MR) is 62.3 cm³/mol. The minimum absolute atomic E-state index is 0.262. The van der Waals surface area contributed by atoms with Gasteiger partial charge in [0, 0.05) is 10.9 Å². The quantitative estimate of drug-likeness (QED) is 0.587. The number of carbonyl (C=O) groups excluding carboxylic acids is 1. The van der Waals surface area contributed by atoms with Crippen molar-refractivity contribution >= 4 is 37.6 Å². The van der Waals surface area contributed by atoms with Gasteiger partial charge in [0.05, 0.1) is 10.4 Å². The summed E-state index contributed by atoms with van der Waals surface area (Å²) in [5, 5.41) is 0.262. The fourth-order valence-electron chi connectivity index (χ4n) is 1.18. The first kappa shape index (κ1) is 13.7. The summed E-state index contributed by atoms with van der Waals surface area (Å²) >= 11 is 6.05. The van der Waals surface area contributed by atoms with Crippen LogP contribution in [0, 0.1) is 0 Å². The molecule has 0 N–H and O–H groups in total. The molecule has 0 bridgehead atoms. The highest BCUT2D eigenvalue weighted by Crippen LogP contribution is 2.32. The third-order valence-corrected chi connectivity index (χ3v) is 4.17. The molecule has 0 saturated carbocycles. The molecule has 0 amide bonds. The van der Waals surface area contributed by atoms with Crippen molar-refractivity contribution < 1.29 is 18.0 Å². The molecule has 0 heterocycles. The Hall–Kier alpha value is -0.360. The van der Waals surface area contributed by atoms with Crippen molar-refractivity contribution in [2.45, 2.75) is 11.0 Å². The molecule has 1 rings (SSSR count). The van der Waals surface area contributed by atoms with Crippen LogP contribution in [0.25, 0.3) is 0 Å². The van der Waals surface area contributed by atoms with Crippen LogP contribution in [0.4, 0.5) is 13.2 Å². The molecule has 1 unspecified atom stereocenters. The van der Waals surface area contributed by atoms with Gasteiger partial charge in [-0.1, -0.05) is 50.1 Å². The highest BCUT2D eigenvalue weighted by Gasteiger charge is 2.35. The van der Waals surface area contributed by atoms with E-state index in [9.17, 15) is 18.0 Å². The minimum atomic E-state index is -4.51. The summed E-state index contributed by atoms with van der Waals surface area (Å²) < 4.78 is 37.8. The molecular weight excluding hydrogens is 353 g/mol. The van der Waals surface area contributed by atoms with E-state index in [-0.39, 0.29) is 10.9 Å². The van der Waals surface area contributed by atoms with Gasteiger partial charge >= 0.3 is 6.18 Å². The molecule has 0 aliphatic carbocycles. The molecule has 0 spiro atoms. The SMILES string of the molecule is O=C(c1ccccc1C(F)(F)F)C(Br)CBr. The normalized spacial score (nSPS) is 13.6. The topological polar surface area (TPSA) is 17.1 Å². The Balaban J connectivity index is 3.19. The van der Waals surface area contributed by atoms with Gasteiger partial charge in [-0.25, -0.2) is 0 Å². The van der Waals surface area contributed by atoms with E-state index in [1.165, 1.54) is 18.2 Å². The molecule has 0 radical (unpaired) electrons. The molecule has 1 atom stereocenters. The number of alkyl halides is 5. The number of hydrogen-bond donors (Lipinski definition) is 0. The molecular formula is C10H7Br2F3O. The summed E-state index contributed by atoms with van der Waals surface area (Å²) in [7, 11) is 0. The summed E-state index contributed by atoms with van der Waals surface area (Å²) in [5.41, 5.74) is -1.21. The van der Waals surface area contributed by atoms with Crippen molar-refractivity contribution in [3.8, 4) is 0 Å². The monoisotopic (exact) mass is 358 g/mol. The van der Waals surface area contributed by atoms with Crippen LogP contribution in [0.5, 0.6) is 0 Å². The summed E-state index contributed by atoms with van der Waals surface area (Å²) in [6, 6.07) is 4.76. The minimum Gasteiger partial charge on any atom is -0.293 e. The summed E-state index contributed by atoms with van der Waals surface area (Å²) in [5.74, 6) is -0.579. The molecule has 88 valence electrons. The van der Waals surface area contributed by atoms with E-state index >= 15 is 0 Å². The van der Waals surface area contributed by atoms with Crippen molar-refractivity contribution in [1.29, 1.82) is 0 Å². The molecule has 1 aromatic carbocycles. The van der Waals surface area contributed by atoms with Gasteiger partial charge in [0.1, 0.15) is 0 Å². The standard InChI is InChI=1S/C10H7Br2F3O/c11-5-8(12)9(16)6-3-1-2-4-7(6)10(13,14)15/h1-4,8H,5H2. The van der Waals surface area contributed by atoms with Crippen LogP contribution in [0.1, 0.15) is 15.9 Å². The Labute approximate surface area is 107 Å². The number of carbonyl (C=O) groups is 1. The van der Waals surface area contributed by atoms with Gasteiger partial charge in [0.25, 0.3) is 0 Å². The zero-order valence-corrected chi connectivity index (χ0v) is 11.1. The Morgan fingerprint density at radius 3 is 2.38 bits per heavy atom. The van der Waals surface area contributed by atoms with Crippen molar-refractivity contribution in [3.63, 3.8) is 0 Å². The smallest absolute Gasteiger partial charge is 0.293 e. The third kappa shape index (κ3) is 3.07. The van der Waals surface area contributed by atoms with E-state index in [0.29, 0.717) is 0 Å². The first-order chi connectivity index (χ1) is 7.38. The van der Waals surface area contributed by atoms with Gasteiger partial charge < -0.3 is 0 Å². The average molecular weight is 360 g/mol. The Kier molecular flexibility index (Phi) is 4.55. The fourth-order valence-corrected chi connectivity index (χ4v) is 1.72. The first-order valence-corrected chi connectivity index (χ1v) is 6.32. The Morgan fingerprint density at radius 2 is 1.88 bits per heavy atom. The zero-order chi connectivity index (χ0) is 12.3. The zero-order valence-electron chi connectivity index (χ0n) is 7.89. The maximum absolute atomic E-state index is 12.6. The van der Waals surface area contributed by atoms with Crippen LogP contribution in [-0.4, -0.2) is 15.9 Å². The van der Waals surface area contributed by atoms with Gasteiger partial charge in [-0.3, -0.25) is 4.79 Å². The van der Waals surface area contributed by atoms with Crippen LogP contribution in [0.3, 0.4) is 0 Å². The average Bonchev–Trinajstić information content (AvgIpc) is 2.26. The number of benzene rings is 1. The fraction of sp³-hybridized carbons (Fsp3) is 0.300. The van der Waals surface area contributed by atoms with Crippen LogP contribution in [0.2, 0.25) is 0 Å². The highest BCUT2D eigenvalue weighted by atomic mass is 79.9.